The highest BCUT2D eigenvalue weighted by molar-refractivity contribution is 5.88. The van der Waals surface area contributed by atoms with Crippen LogP contribution in [0.15, 0.2) is 78.9 Å². The average molecular weight is 374 g/mol. The Hall–Kier alpha value is -3.40. The van der Waals surface area contributed by atoms with Crippen molar-refractivity contribution in [2.75, 3.05) is 0 Å². The first kappa shape index (κ1) is 19.4. The lowest BCUT2D eigenvalue weighted by Gasteiger charge is -2.36. The summed E-state index contributed by atoms with van der Waals surface area (Å²) in [5.74, 6) is -1.92. The summed E-state index contributed by atoms with van der Waals surface area (Å²) in [7, 11) is 0. The van der Waals surface area contributed by atoms with E-state index in [1.807, 2.05) is 42.5 Å². The second kappa shape index (κ2) is 8.09. The predicted octanol–water partition coefficient (Wildman–Crippen LogP) is 5.22. The van der Waals surface area contributed by atoms with Gasteiger partial charge in [0.1, 0.15) is 0 Å². The van der Waals surface area contributed by atoms with E-state index in [1.165, 1.54) is 0 Å². The third-order valence-corrected chi connectivity index (χ3v) is 5.14. The van der Waals surface area contributed by atoms with Crippen LogP contribution in [0, 0.1) is 0 Å². The fourth-order valence-corrected chi connectivity index (χ4v) is 3.83. The highest BCUT2D eigenvalue weighted by Crippen LogP contribution is 2.43. The van der Waals surface area contributed by atoms with Crippen molar-refractivity contribution in [2.45, 2.75) is 25.2 Å². The van der Waals surface area contributed by atoms with Crippen molar-refractivity contribution in [1.29, 1.82) is 0 Å². The van der Waals surface area contributed by atoms with E-state index in [4.69, 9.17) is 0 Å². The third kappa shape index (κ3) is 3.54. The smallest absolute Gasteiger partial charge is 0.335 e. The predicted molar refractivity (Wildman–Crippen MR) is 108 cm³/mol. The van der Waals surface area contributed by atoms with Crippen LogP contribution < -0.4 is 0 Å². The Balaban J connectivity index is 2.25. The number of rotatable bonds is 7. The molecule has 0 aliphatic heterocycles. The molecule has 0 spiro atoms. The molecule has 4 heteroatoms. The Labute approximate surface area is 164 Å². The molecule has 3 aromatic carbocycles. The van der Waals surface area contributed by atoms with Gasteiger partial charge in [0.15, 0.2) is 0 Å². The van der Waals surface area contributed by atoms with Crippen LogP contribution in [-0.4, -0.2) is 22.2 Å². The Bertz CT molecular complexity index is 900. The van der Waals surface area contributed by atoms with Crippen LogP contribution in [0.4, 0.5) is 0 Å². The molecule has 142 valence electrons. The normalized spacial score (nSPS) is 11.2. The van der Waals surface area contributed by atoms with E-state index in [2.05, 4.69) is 19.1 Å². The zero-order valence-electron chi connectivity index (χ0n) is 15.6. The molecule has 0 saturated carbocycles. The van der Waals surface area contributed by atoms with E-state index in [0.29, 0.717) is 0 Å². The molecular formula is C24H22O4. The maximum absolute atomic E-state index is 11.3. The van der Waals surface area contributed by atoms with E-state index in [-0.39, 0.29) is 11.1 Å². The fourth-order valence-electron chi connectivity index (χ4n) is 3.83. The van der Waals surface area contributed by atoms with E-state index in [9.17, 15) is 19.8 Å². The molecule has 2 N–H and O–H groups in total. The number of benzene rings is 3. The van der Waals surface area contributed by atoms with E-state index in [0.717, 1.165) is 29.5 Å². The lowest BCUT2D eigenvalue weighted by Crippen LogP contribution is -2.29. The Kier molecular flexibility index (Phi) is 5.59. The van der Waals surface area contributed by atoms with Gasteiger partial charge in [-0.15, -0.1) is 0 Å². The number of hydrogen-bond donors (Lipinski definition) is 2. The second-order valence-electron chi connectivity index (χ2n) is 6.79. The van der Waals surface area contributed by atoms with Crippen LogP contribution in [0.3, 0.4) is 0 Å². The van der Waals surface area contributed by atoms with Gasteiger partial charge in [-0.25, -0.2) is 9.59 Å². The minimum absolute atomic E-state index is 0.239. The minimum atomic E-state index is -0.960. The molecule has 4 nitrogen and oxygen atoms in total. The van der Waals surface area contributed by atoms with Gasteiger partial charge in [0.05, 0.1) is 11.1 Å². The summed E-state index contributed by atoms with van der Waals surface area (Å²) in [4.78, 5) is 22.5. The van der Waals surface area contributed by atoms with Gasteiger partial charge < -0.3 is 10.2 Å². The largest absolute Gasteiger partial charge is 0.478 e. The minimum Gasteiger partial charge on any atom is -0.478 e. The lowest BCUT2D eigenvalue weighted by molar-refractivity contribution is 0.0686. The molecule has 0 aliphatic carbocycles. The summed E-state index contributed by atoms with van der Waals surface area (Å²) in [5, 5.41) is 18.5. The highest BCUT2D eigenvalue weighted by Gasteiger charge is 2.35. The molecule has 0 heterocycles. The zero-order valence-corrected chi connectivity index (χ0v) is 15.6. The highest BCUT2D eigenvalue weighted by atomic mass is 16.4. The first-order valence-electron chi connectivity index (χ1n) is 9.22. The Morgan fingerprint density at radius 3 is 1.43 bits per heavy atom. The van der Waals surface area contributed by atoms with E-state index >= 15 is 0 Å². The summed E-state index contributed by atoms with van der Waals surface area (Å²) in [5.41, 5.74) is 3.03. The van der Waals surface area contributed by atoms with Crippen molar-refractivity contribution in [2.24, 2.45) is 0 Å². The summed E-state index contributed by atoms with van der Waals surface area (Å²) in [6.07, 6.45) is 1.70. The topological polar surface area (TPSA) is 74.6 Å². The molecule has 0 bridgehead atoms. The van der Waals surface area contributed by atoms with Gasteiger partial charge in [-0.05, 0) is 47.4 Å². The standard InChI is InChI=1S/C24H22O4/c1-2-16-24(19-6-4-3-5-7-19,20-12-8-17(9-13-20)22(25)26)21-14-10-18(11-15-21)23(27)28/h3-15H,2,16H2,1H3,(H,25,26)(H,27,28). The molecule has 0 fully saturated rings. The lowest BCUT2D eigenvalue weighted by atomic mass is 9.66. The molecule has 3 rings (SSSR count). The quantitative estimate of drug-likeness (QED) is 0.556. The molecular weight excluding hydrogens is 352 g/mol. The SMILES string of the molecule is CCCC(c1ccccc1)(c1ccc(C(=O)O)cc1)c1ccc(C(=O)O)cc1. The molecule has 0 saturated heterocycles. The van der Waals surface area contributed by atoms with Crippen LogP contribution in [-0.2, 0) is 5.41 Å². The van der Waals surface area contributed by atoms with Crippen LogP contribution in [0.25, 0.3) is 0 Å². The van der Waals surface area contributed by atoms with Gasteiger partial charge in [-0.1, -0.05) is 67.9 Å². The van der Waals surface area contributed by atoms with Crippen molar-refractivity contribution in [3.05, 3.63) is 107 Å². The summed E-state index contributed by atoms with van der Waals surface area (Å²) in [6.45, 7) is 2.11. The zero-order chi connectivity index (χ0) is 20.1. The second-order valence-corrected chi connectivity index (χ2v) is 6.79. The van der Waals surface area contributed by atoms with Crippen LogP contribution in [0.5, 0.6) is 0 Å². The van der Waals surface area contributed by atoms with Crippen molar-refractivity contribution in [1.82, 2.24) is 0 Å². The molecule has 0 atom stereocenters. The van der Waals surface area contributed by atoms with Crippen molar-refractivity contribution >= 4 is 11.9 Å². The molecule has 3 aromatic rings. The number of hydrogen-bond acceptors (Lipinski definition) is 2. The van der Waals surface area contributed by atoms with Crippen molar-refractivity contribution < 1.29 is 19.8 Å². The van der Waals surface area contributed by atoms with Gasteiger partial charge in [0, 0.05) is 5.41 Å². The maximum Gasteiger partial charge on any atom is 0.335 e. The first-order valence-corrected chi connectivity index (χ1v) is 9.22. The molecule has 0 radical (unpaired) electrons. The molecule has 0 unspecified atom stereocenters. The summed E-state index contributed by atoms with van der Waals surface area (Å²) < 4.78 is 0. The average Bonchev–Trinajstić information content (AvgIpc) is 2.73. The Morgan fingerprint density at radius 2 is 1.07 bits per heavy atom. The maximum atomic E-state index is 11.3. The van der Waals surface area contributed by atoms with Gasteiger partial charge in [0.2, 0.25) is 0 Å². The van der Waals surface area contributed by atoms with E-state index < -0.39 is 17.4 Å². The number of carbonyl (C=O) groups is 2. The molecule has 0 amide bonds. The van der Waals surface area contributed by atoms with Gasteiger partial charge in [0.25, 0.3) is 0 Å². The first-order chi connectivity index (χ1) is 13.5. The van der Waals surface area contributed by atoms with Gasteiger partial charge in [-0.2, -0.15) is 0 Å². The number of aromatic carboxylic acids is 2. The monoisotopic (exact) mass is 374 g/mol. The molecule has 28 heavy (non-hydrogen) atoms. The molecule has 0 aromatic heterocycles. The van der Waals surface area contributed by atoms with Crippen LogP contribution >= 0.6 is 0 Å². The van der Waals surface area contributed by atoms with Crippen LogP contribution in [0.1, 0.15) is 57.2 Å². The number of carboxylic acids is 2. The third-order valence-electron chi connectivity index (χ3n) is 5.14. The van der Waals surface area contributed by atoms with Crippen LogP contribution in [0.2, 0.25) is 0 Å². The summed E-state index contributed by atoms with van der Waals surface area (Å²) >= 11 is 0. The Morgan fingerprint density at radius 1 is 0.679 bits per heavy atom. The van der Waals surface area contributed by atoms with Crippen molar-refractivity contribution in [3.63, 3.8) is 0 Å². The van der Waals surface area contributed by atoms with Gasteiger partial charge in [-0.3, -0.25) is 0 Å². The fraction of sp³-hybridized carbons (Fsp3) is 0.167. The number of carboxylic acid groups (broad SMARTS) is 2. The van der Waals surface area contributed by atoms with Gasteiger partial charge >= 0.3 is 11.9 Å². The van der Waals surface area contributed by atoms with Crippen molar-refractivity contribution in [3.8, 4) is 0 Å². The van der Waals surface area contributed by atoms with E-state index in [1.54, 1.807) is 24.3 Å². The summed E-state index contributed by atoms with van der Waals surface area (Å²) in [6, 6.07) is 24.0. The molecule has 0 aliphatic rings.